The van der Waals surface area contributed by atoms with Gasteiger partial charge in [0, 0.05) is 15.9 Å². The lowest BCUT2D eigenvalue weighted by Crippen LogP contribution is -2.25. The zero-order chi connectivity index (χ0) is 20.5. The van der Waals surface area contributed by atoms with Crippen LogP contribution >= 0.6 is 42.1 Å². The second kappa shape index (κ2) is 8.33. The van der Waals surface area contributed by atoms with Crippen molar-refractivity contribution in [3.63, 3.8) is 0 Å². The van der Waals surface area contributed by atoms with Crippen molar-refractivity contribution in [1.29, 1.82) is 0 Å². The number of nitrogens with one attached hydrogen (secondary N) is 1. The molecule has 3 N–H and O–H groups in total. The maximum absolute atomic E-state index is 13.2. The molecule has 1 atom stereocenters. The van der Waals surface area contributed by atoms with Gasteiger partial charge in [0.15, 0.2) is 5.66 Å². The Kier molecular flexibility index (Phi) is 6.25. The molecule has 0 saturated carbocycles. The summed E-state index contributed by atoms with van der Waals surface area (Å²) < 4.78 is 26.0. The van der Waals surface area contributed by atoms with E-state index >= 15 is 0 Å². The molecule has 0 aliphatic carbocycles. The first-order valence-corrected chi connectivity index (χ1v) is 11.1. The lowest BCUT2D eigenvalue weighted by Gasteiger charge is -2.16. The Labute approximate surface area is 173 Å². The fourth-order valence-corrected chi connectivity index (χ4v) is 5.01. The van der Waals surface area contributed by atoms with Crippen LogP contribution in [0.5, 0.6) is 0 Å². The molecule has 0 bridgehead atoms. The van der Waals surface area contributed by atoms with Gasteiger partial charge in [-0.05, 0) is 58.3 Å². The van der Waals surface area contributed by atoms with E-state index in [1.807, 2.05) is 0 Å². The summed E-state index contributed by atoms with van der Waals surface area (Å²) in [5.74, 6) is -1.45. The summed E-state index contributed by atoms with van der Waals surface area (Å²) in [6, 6.07) is 8.91. The Morgan fingerprint density at radius 3 is 2.64 bits per heavy atom. The second-order valence-corrected chi connectivity index (χ2v) is 9.29. The molecule has 0 aliphatic rings. The number of thiophene rings is 1. The molecule has 3 aromatic rings. The van der Waals surface area contributed by atoms with Gasteiger partial charge in [-0.2, -0.15) is 0 Å². The van der Waals surface area contributed by atoms with Crippen molar-refractivity contribution in [3.05, 3.63) is 75.0 Å². The van der Waals surface area contributed by atoms with Crippen LogP contribution < -0.4 is 5.32 Å². The van der Waals surface area contributed by atoms with Gasteiger partial charge >= 0.3 is 7.60 Å². The van der Waals surface area contributed by atoms with E-state index in [1.165, 1.54) is 47.2 Å². The third kappa shape index (κ3) is 4.63. The van der Waals surface area contributed by atoms with E-state index in [0.717, 1.165) is 4.70 Å². The third-order valence-electron chi connectivity index (χ3n) is 3.89. The zero-order valence-corrected chi connectivity index (χ0v) is 17.2. The highest BCUT2D eigenvalue weighted by Crippen LogP contribution is 2.54. The molecule has 1 unspecified atom stereocenters. The van der Waals surface area contributed by atoms with Gasteiger partial charge in [0.2, 0.25) is 5.91 Å². The normalized spacial score (nSPS) is 13.2. The minimum absolute atomic E-state index is 0.0804. The summed E-state index contributed by atoms with van der Waals surface area (Å²) in [7, 11) is -4.82. The van der Waals surface area contributed by atoms with Crippen LogP contribution in [0.2, 0.25) is 10.0 Å². The fraction of sp³-hybridized carbons (Fsp3) is 0.0556. The van der Waals surface area contributed by atoms with E-state index in [4.69, 9.17) is 23.2 Å². The number of carbonyl (C=O) groups excluding carboxylic acids is 1. The minimum atomic E-state index is -4.82. The van der Waals surface area contributed by atoms with E-state index < -0.39 is 25.0 Å². The van der Waals surface area contributed by atoms with Gasteiger partial charge in [0.05, 0.1) is 5.02 Å². The Morgan fingerprint density at radius 1 is 1.21 bits per heavy atom. The molecule has 1 heterocycles. The highest BCUT2D eigenvalue weighted by atomic mass is 35.5. The molecule has 10 heteroatoms. The lowest BCUT2D eigenvalue weighted by molar-refractivity contribution is -0.120. The molecular weight excluding hydrogens is 447 g/mol. The van der Waals surface area contributed by atoms with Crippen molar-refractivity contribution in [2.45, 2.75) is 5.66 Å². The van der Waals surface area contributed by atoms with E-state index in [0.29, 0.717) is 16.0 Å². The average molecular weight is 460 g/mol. The van der Waals surface area contributed by atoms with E-state index in [9.17, 15) is 23.5 Å². The van der Waals surface area contributed by atoms with Crippen LogP contribution in [-0.2, 0) is 9.36 Å². The van der Waals surface area contributed by atoms with Gasteiger partial charge in [0.1, 0.15) is 5.82 Å². The van der Waals surface area contributed by atoms with Gasteiger partial charge in [-0.1, -0.05) is 29.3 Å². The quantitative estimate of drug-likeness (QED) is 0.448. The summed E-state index contributed by atoms with van der Waals surface area (Å²) in [4.78, 5) is 32.1. The maximum atomic E-state index is 13.2. The number of rotatable bonds is 5. The molecule has 28 heavy (non-hydrogen) atoms. The first-order valence-electron chi connectivity index (χ1n) is 7.80. The van der Waals surface area contributed by atoms with Gasteiger partial charge < -0.3 is 15.1 Å². The number of fused-ring (bicyclic) bond motifs is 1. The zero-order valence-electron chi connectivity index (χ0n) is 14.0. The lowest BCUT2D eigenvalue weighted by atomic mass is 10.1. The van der Waals surface area contributed by atoms with Crippen molar-refractivity contribution >= 4 is 64.2 Å². The second-order valence-electron chi connectivity index (χ2n) is 5.84. The highest BCUT2D eigenvalue weighted by molar-refractivity contribution is 7.53. The van der Waals surface area contributed by atoms with Crippen LogP contribution in [0.25, 0.3) is 16.2 Å². The van der Waals surface area contributed by atoms with Gasteiger partial charge in [-0.25, -0.2) is 4.39 Å². The van der Waals surface area contributed by atoms with Crippen molar-refractivity contribution in [3.8, 4) is 0 Å². The van der Waals surface area contributed by atoms with Crippen LogP contribution in [0, 0.1) is 5.82 Å². The molecular formula is C18H13Cl2FNO4PS. The molecule has 1 amide bonds. The Hall–Kier alpha value is -1.73. The number of hydrogen-bond donors (Lipinski definition) is 3. The SMILES string of the molecule is O=C(N/C=C/c1ccc(F)c(Cl)c1)C(c1csc2ccc(Cl)cc12)P(=O)(O)O. The van der Waals surface area contributed by atoms with Crippen LogP contribution in [0.4, 0.5) is 4.39 Å². The molecule has 146 valence electrons. The number of carbonyl (C=O) groups is 1. The fourth-order valence-electron chi connectivity index (χ4n) is 2.62. The molecule has 0 saturated heterocycles. The van der Waals surface area contributed by atoms with Crippen LogP contribution in [0.3, 0.4) is 0 Å². The van der Waals surface area contributed by atoms with E-state index in [1.54, 1.807) is 18.2 Å². The summed E-state index contributed by atoms with van der Waals surface area (Å²) in [6.07, 6.45) is 2.65. The number of halogens is 3. The van der Waals surface area contributed by atoms with Crippen LogP contribution in [0.15, 0.2) is 48.0 Å². The predicted octanol–water partition coefficient (Wildman–Crippen LogP) is 5.35. The Bertz CT molecular complexity index is 1130. The molecule has 3 rings (SSSR count). The van der Waals surface area contributed by atoms with E-state index in [2.05, 4.69) is 5.32 Å². The maximum Gasteiger partial charge on any atom is 0.342 e. The van der Waals surface area contributed by atoms with Gasteiger partial charge in [-0.15, -0.1) is 11.3 Å². The van der Waals surface area contributed by atoms with Crippen molar-refractivity contribution < 1.29 is 23.5 Å². The number of hydrogen-bond acceptors (Lipinski definition) is 3. The van der Waals surface area contributed by atoms with E-state index in [-0.39, 0.29) is 10.6 Å². The molecule has 0 fully saturated rings. The number of amides is 1. The summed E-state index contributed by atoms with van der Waals surface area (Å²) in [6.45, 7) is 0. The molecule has 0 aliphatic heterocycles. The Morgan fingerprint density at radius 2 is 1.96 bits per heavy atom. The van der Waals surface area contributed by atoms with Crippen LogP contribution in [0.1, 0.15) is 16.8 Å². The third-order valence-corrected chi connectivity index (χ3v) is 6.58. The largest absolute Gasteiger partial charge is 0.342 e. The highest BCUT2D eigenvalue weighted by Gasteiger charge is 2.38. The number of benzene rings is 2. The molecule has 5 nitrogen and oxygen atoms in total. The Balaban J connectivity index is 1.88. The van der Waals surface area contributed by atoms with Crippen LogP contribution in [-0.4, -0.2) is 15.7 Å². The average Bonchev–Trinajstić information content (AvgIpc) is 3.00. The van der Waals surface area contributed by atoms with Crippen molar-refractivity contribution in [2.24, 2.45) is 0 Å². The molecule has 1 aromatic heterocycles. The summed E-state index contributed by atoms with van der Waals surface area (Å²) in [5.41, 5.74) is -0.986. The molecule has 2 aromatic carbocycles. The first-order chi connectivity index (χ1) is 13.2. The standard InChI is InChI=1S/C18H13Cl2FNO4PS/c19-11-2-4-16-12(8-11)13(9-28-16)17(27(24,25)26)18(23)22-6-5-10-1-3-15(21)14(20)7-10/h1-9,17H,(H,22,23)(H2,24,25,26)/b6-5+. The summed E-state index contributed by atoms with van der Waals surface area (Å²) in [5, 5.41) is 4.72. The first kappa shape index (κ1) is 21.0. The molecule has 0 spiro atoms. The predicted molar refractivity (Wildman–Crippen MR) is 110 cm³/mol. The smallest absolute Gasteiger partial charge is 0.332 e. The van der Waals surface area contributed by atoms with Crippen molar-refractivity contribution in [1.82, 2.24) is 5.32 Å². The van der Waals surface area contributed by atoms with Gasteiger partial charge in [-0.3, -0.25) is 9.36 Å². The monoisotopic (exact) mass is 459 g/mol. The van der Waals surface area contributed by atoms with Gasteiger partial charge in [0.25, 0.3) is 0 Å². The molecule has 0 radical (unpaired) electrons. The topological polar surface area (TPSA) is 86.6 Å². The summed E-state index contributed by atoms with van der Waals surface area (Å²) >= 11 is 12.9. The van der Waals surface area contributed by atoms with Crippen molar-refractivity contribution in [2.75, 3.05) is 0 Å². The minimum Gasteiger partial charge on any atom is -0.332 e.